The van der Waals surface area contributed by atoms with E-state index in [4.69, 9.17) is 9.97 Å². The molecule has 236 valence electrons. The summed E-state index contributed by atoms with van der Waals surface area (Å²) < 4.78 is 0. The zero-order valence-electron chi connectivity index (χ0n) is 27.4. The van der Waals surface area contributed by atoms with Crippen molar-refractivity contribution in [2.45, 2.75) is 0 Å². The molecule has 0 unspecified atom stereocenters. The highest BCUT2D eigenvalue weighted by atomic mass is 14.9. The van der Waals surface area contributed by atoms with Crippen molar-refractivity contribution in [2.24, 2.45) is 0 Å². The van der Waals surface area contributed by atoms with Crippen molar-refractivity contribution in [2.75, 3.05) is 6.54 Å². The number of nitrogens with zero attached hydrogens (tertiary/aromatic N) is 2. The number of hydrogen-bond donors (Lipinski definition) is 1. The second-order valence-electron chi connectivity index (χ2n) is 12.7. The minimum Gasteiger partial charge on any atom is -0.381 e. The van der Waals surface area contributed by atoms with Gasteiger partial charge in [-0.05, 0) is 80.1 Å². The normalized spacial score (nSPS) is 12.5. The molecule has 3 nitrogen and oxygen atoms in total. The van der Waals surface area contributed by atoms with E-state index >= 15 is 0 Å². The molecule has 0 bridgehead atoms. The highest BCUT2D eigenvalue weighted by Crippen LogP contribution is 2.37. The average Bonchev–Trinajstić information content (AvgIpc) is 3.21. The number of hydrogen-bond acceptors (Lipinski definition) is 3. The number of dihydropyridines is 1. The smallest absolute Gasteiger partial charge is 0.160 e. The Balaban J connectivity index is 1.16. The molecule has 1 N–H and O–H groups in total. The van der Waals surface area contributed by atoms with Crippen molar-refractivity contribution < 1.29 is 0 Å². The van der Waals surface area contributed by atoms with Crippen LogP contribution in [-0.4, -0.2) is 16.5 Å². The summed E-state index contributed by atoms with van der Waals surface area (Å²) in [4.78, 5) is 10.6. The number of fused-ring (bicyclic) bond motifs is 3. The largest absolute Gasteiger partial charge is 0.381 e. The molecule has 50 heavy (non-hydrogen) atoms. The number of allylic oxidation sites excluding steroid dienone is 2. The lowest BCUT2D eigenvalue weighted by atomic mass is 9.94. The van der Waals surface area contributed by atoms with Crippen LogP contribution < -0.4 is 5.32 Å². The van der Waals surface area contributed by atoms with Gasteiger partial charge in [0.25, 0.3) is 0 Å². The molecule has 2 heterocycles. The number of rotatable bonds is 6. The molecule has 0 atom stereocenters. The molecule has 8 aromatic rings. The Bertz CT molecular complexity index is 2550. The quantitative estimate of drug-likeness (QED) is 0.184. The monoisotopic (exact) mass is 639 g/mol. The van der Waals surface area contributed by atoms with E-state index in [1.54, 1.807) is 0 Å². The van der Waals surface area contributed by atoms with Crippen molar-refractivity contribution in [3.63, 3.8) is 0 Å². The molecule has 0 spiro atoms. The average molecular weight is 640 g/mol. The summed E-state index contributed by atoms with van der Waals surface area (Å²) in [5, 5.41) is 6.85. The fourth-order valence-electron chi connectivity index (χ4n) is 6.91. The minimum atomic E-state index is 0.709. The molecule has 0 saturated carbocycles. The lowest BCUT2D eigenvalue weighted by molar-refractivity contribution is 0.996. The number of benzene rings is 7. The van der Waals surface area contributed by atoms with Crippen molar-refractivity contribution in [1.29, 1.82) is 0 Å². The van der Waals surface area contributed by atoms with Gasteiger partial charge in [-0.1, -0.05) is 152 Å². The maximum atomic E-state index is 5.33. The van der Waals surface area contributed by atoms with Gasteiger partial charge < -0.3 is 5.32 Å². The lowest BCUT2D eigenvalue weighted by Gasteiger charge is -2.14. The molecule has 9 rings (SSSR count). The van der Waals surface area contributed by atoms with Gasteiger partial charge >= 0.3 is 0 Å². The summed E-state index contributed by atoms with van der Waals surface area (Å²) in [5.74, 6) is 0.709. The second-order valence-corrected chi connectivity index (χ2v) is 12.7. The van der Waals surface area contributed by atoms with Crippen molar-refractivity contribution in [1.82, 2.24) is 15.3 Å². The molecule has 0 radical (unpaired) electrons. The lowest BCUT2D eigenvalue weighted by Crippen LogP contribution is -2.14. The molecule has 0 aliphatic carbocycles. The summed E-state index contributed by atoms with van der Waals surface area (Å²) in [6.45, 7) is 0.862. The number of aromatic nitrogens is 2. The van der Waals surface area contributed by atoms with Gasteiger partial charge in [-0.25, -0.2) is 9.97 Å². The molecule has 1 aromatic heterocycles. The van der Waals surface area contributed by atoms with Crippen LogP contribution in [0.25, 0.3) is 83.4 Å². The molecule has 7 aromatic carbocycles. The Hall–Kier alpha value is -6.58. The van der Waals surface area contributed by atoms with Gasteiger partial charge in [0.05, 0.1) is 11.2 Å². The van der Waals surface area contributed by atoms with Gasteiger partial charge in [-0.2, -0.15) is 0 Å². The van der Waals surface area contributed by atoms with E-state index in [2.05, 4.69) is 181 Å². The Morgan fingerprint density at radius 3 is 1.66 bits per heavy atom. The van der Waals surface area contributed by atoms with Gasteiger partial charge in [-0.3, -0.25) is 0 Å². The minimum absolute atomic E-state index is 0.709. The van der Waals surface area contributed by atoms with Gasteiger partial charge in [0.1, 0.15) is 0 Å². The van der Waals surface area contributed by atoms with Crippen LogP contribution in [0.3, 0.4) is 0 Å². The van der Waals surface area contributed by atoms with Crippen molar-refractivity contribution in [3.05, 3.63) is 188 Å². The Morgan fingerprint density at radius 2 is 1.00 bits per heavy atom. The third-order valence-corrected chi connectivity index (χ3v) is 9.49. The molecular formula is C47H33N3. The zero-order valence-corrected chi connectivity index (χ0v) is 27.4. The van der Waals surface area contributed by atoms with E-state index in [9.17, 15) is 0 Å². The first kappa shape index (κ1) is 29.6. The molecule has 3 heteroatoms. The predicted octanol–water partition coefficient (Wildman–Crippen LogP) is 11.6. The van der Waals surface area contributed by atoms with Crippen LogP contribution >= 0.6 is 0 Å². The Morgan fingerprint density at radius 1 is 0.440 bits per heavy atom. The van der Waals surface area contributed by atoms with E-state index in [-0.39, 0.29) is 0 Å². The molecule has 0 saturated heterocycles. The summed E-state index contributed by atoms with van der Waals surface area (Å²) in [6, 6.07) is 58.1. The maximum absolute atomic E-state index is 5.33. The van der Waals surface area contributed by atoms with Crippen LogP contribution in [0.4, 0.5) is 0 Å². The van der Waals surface area contributed by atoms with Gasteiger partial charge in [-0.15, -0.1) is 0 Å². The Labute approximate surface area is 292 Å². The van der Waals surface area contributed by atoms with Crippen LogP contribution in [0, 0.1) is 0 Å². The van der Waals surface area contributed by atoms with Gasteiger partial charge in [0.15, 0.2) is 5.82 Å². The molecule has 0 fully saturated rings. The van der Waals surface area contributed by atoms with Crippen LogP contribution in [0.5, 0.6) is 0 Å². The highest BCUT2D eigenvalue weighted by molar-refractivity contribution is 6.12. The van der Waals surface area contributed by atoms with Gasteiger partial charge in [0, 0.05) is 28.8 Å². The van der Waals surface area contributed by atoms with E-state index in [0.29, 0.717) is 5.82 Å². The predicted molar refractivity (Wildman–Crippen MR) is 209 cm³/mol. The maximum Gasteiger partial charge on any atom is 0.160 e. The van der Waals surface area contributed by atoms with Crippen LogP contribution in [0.1, 0.15) is 5.56 Å². The fourth-order valence-corrected chi connectivity index (χ4v) is 6.91. The van der Waals surface area contributed by atoms with Crippen molar-refractivity contribution in [3.8, 4) is 56.0 Å². The molecule has 1 aliphatic heterocycles. The SMILES string of the molecule is C1=CCNC(c2ccc(-c3ccc(-c4cc(-c5ccccc5)cc(-c5nc(-c6ccccc6)c6c(ccc7ccccc76)n5)c4)cc3)cc2)=C1. The van der Waals surface area contributed by atoms with Crippen LogP contribution in [0.2, 0.25) is 0 Å². The van der Waals surface area contributed by atoms with E-state index < -0.39 is 0 Å². The fraction of sp³-hybridized carbons (Fsp3) is 0.0213. The van der Waals surface area contributed by atoms with E-state index in [0.717, 1.165) is 67.6 Å². The summed E-state index contributed by atoms with van der Waals surface area (Å²) in [5.41, 5.74) is 13.2. The zero-order chi connectivity index (χ0) is 33.3. The molecule has 1 aliphatic rings. The summed E-state index contributed by atoms with van der Waals surface area (Å²) >= 11 is 0. The summed E-state index contributed by atoms with van der Waals surface area (Å²) in [7, 11) is 0. The van der Waals surface area contributed by atoms with E-state index in [1.807, 2.05) is 6.07 Å². The second kappa shape index (κ2) is 12.8. The topological polar surface area (TPSA) is 37.8 Å². The first-order chi connectivity index (χ1) is 24.8. The first-order valence-corrected chi connectivity index (χ1v) is 17.0. The first-order valence-electron chi connectivity index (χ1n) is 17.0. The summed E-state index contributed by atoms with van der Waals surface area (Å²) in [6.07, 6.45) is 6.35. The van der Waals surface area contributed by atoms with Crippen LogP contribution in [-0.2, 0) is 0 Å². The number of nitrogens with one attached hydrogen (secondary N) is 1. The molecule has 0 amide bonds. The highest BCUT2D eigenvalue weighted by Gasteiger charge is 2.16. The Kier molecular flexibility index (Phi) is 7.56. The van der Waals surface area contributed by atoms with Gasteiger partial charge in [0.2, 0.25) is 0 Å². The van der Waals surface area contributed by atoms with E-state index in [1.165, 1.54) is 22.1 Å². The van der Waals surface area contributed by atoms with Crippen molar-refractivity contribution >= 4 is 27.4 Å². The standard InChI is InChI=1S/C47H33N3/c1-3-11-32(12-4-1)39-29-40(35-20-18-33(19-21-35)34-22-24-37(25-23-34)43-17-9-10-28-48-43)31-41(30-39)47-49-44-27-26-36-13-7-8-16-42(36)45(44)46(50-47)38-14-5-2-6-15-38/h1-27,29-31,48H,28H2. The van der Waals surface area contributed by atoms with Crippen LogP contribution in [0.15, 0.2) is 182 Å². The molecular weight excluding hydrogens is 607 g/mol. The third kappa shape index (κ3) is 5.65. The third-order valence-electron chi connectivity index (χ3n) is 9.49.